The van der Waals surface area contributed by atoms with E-state index in [0.717, 1.165) is 44.9 Å². The van der Waals surface area contributed by atoms with Gasteiger partial charge in [-0.15, -0.1) is 0 Å². The average molecular weight is 275 g/mol. The molecule has 6 heteroatoms. The van der Waals surface area contributed by atoms with E-state index in [-0.39, 0.29) is 17.6 Å². The van der Waals surface area contributed by atoms with Crippen LogP contribution in [-0.4, -0.2) is 31.3 Å². The fourth-order valence-corrected chi connectivity index (χ4v) is 4.38. The summed E-state index contributed by atoms with van der Waals surface area (Å²) in [5, 5.41) is 9.21. The van der Waals surface area contributed by atoms with Crippen LogP contribution in [0.1, 0.15) is 44.9 Å². The van der Waals surface area contributed by atoms with E-state index in [2.05, 4.69) is 4.72 Å². The van der Waals surface area contributed by atoms with Gasteiger partial charge in [-0.05, 0) is 37.5 Å². The van der Waals surface area contributed by atoms with Crippen LogP contribution in [0.25, 0.3) is 0 Å². The summed E-state index contributed by atoms with van der Waals surface area (Å²) in [6.45, 7) is 0. The molecule has 0 bridgehead atoms. The highest BCUT2D eigenvalue weighted by Crippen LogP contribution is 2.31. The van der Waals surface area contributed by atoms with Gasteiger partial charge in [-0.1, -0.05) is 19.3 Å². The Balaban J connectivity index is 1.98. The van der Waals surface area contributed by atoms with Crippen LogP contribution in [0.15, 0.2) is 0 Å². The third-order valence-electron chi connectivity index (χ3n) is 3.85. The second-order valence-corrected chi connectivity index (χ2v) is 7.36. The van der Waals surface area contributed by atoms with E-state index in [9.17, 15) is 18.3 Å². The van der Waals surface area contributed by atoms with Crippen molar-refractivity contribution in [2.75, 3.05) is 5.75 Å². The van der Waals surface area contributed by atoms with E-state index in [1.54, 1.807) is 0 Å². The monoisotopic (exact) mass is 275 g/mol. The van der Waals surface area contributed by atoms with Gasteiger partial charge in [0.25, 0.3) is 0 Å². The van der Waals surface area contributed by atoms with Crippen molar-refractivity contribution in [1.29, 1.82) is 0 Å². The van der Waals surface area contributed by atoms with E-state index < -0.39 is 22.0 Å². The maximum absolute atomic E-state index is 11.9. The molecular formula is C12H21NO4S. The summed E-state index contributed by atoms with van der Waals surface area (Å²) < 4.78 is 26.1. The number of hydrogen-bond donors (Lipinski definition) is 2. The normalized spacial score (nSPS) is 23.8. The first kappa shape index (κ1) is 13.8. The van der Waals surface area contributed by atoms with Gasteiger partial charge in [0.05, 0.1) is 5.75 Å². The van der Waals surface area contributed by atoms with Crippen LogP contribution in [0.3, 0.4) is 0 Å². The molecule has 0 heterocycles. The Morgan fingerprint density at radius 1 is 1.17 bits per heavy atom. The molecule has 0 saturated heterocycles. The standard InChI is InChI=1S/C12H21NO4S/c14-12(15)11(10-4-2-1-3-5-10)13-18(16,17)8-9-6-7-9/h9-11,13H,1-8H2,(H,14,15). The molecule has 0 spiro atoms. The number of carbonyl (C=O) groups is 1. The molecular weight excluding hydrogens is 254 g/mol. The summed E-state index contributed by atoms with van der Waals surface area (Å²) in [7, 11) is -3.44. The molecule has 2 saturated carbocycles. The van der Waals surface area contributed by atoms with Crippen molar-refractivity contribution in [2.24, 2.45) is 11.8 Å². The third-order valence-corrected chi connectivity index (χ3v) is 5.37. The van der Waals surface area contributed by atoms with Crippen LogP contribution in [0, 0.1) is 11.8 Å². The Kier molecular flexibility index (Phi) is 4.27. The molecule has 0 radical (unpaired) electrons. The number of rotatable bonds is 6. The number of aliphatic carboxylic acids is 1. The van der Waals surface area contributed by atoms with Crippen LogP contribution in [0.4, 0.5) is 0 Å². The van der Waals surface area contributed by atoms with Crippen LogP contribution in [-0.2, 0) is 14.8 Å². The molecule has 0 aromatic rings. The molecule has 104 valence electrons. The third kappa shape index (κ3) is 3.95. The Bertz CT molecular complexity index is 396. The number of nitrogens with one attached hydrogen (secondary N) is 1. The van der Waals surface area contributed by atoms with E-state index in [1.807, 2.05) is 0 Å². The van der Waals surface area contributed by atoms with Gasteiger partial charge >= 0.3 is 5.97 Å². The molecule has 1 atom stereocenters. The fraction of sp³-hybridized carbons (Fsp3) is 0.917. The van der Waals surface area contributed by atoms with E-state index in [1.165, 1.54) is 0 Å². The first-order valence-corrected chi connectivity index (χ1v) is 8.36. The first-order valence-electron chi connectivity index (χ1n) is 6.71. The lowest BCUT2D eigenvalue weighted by molar-refractivity contribution is -0.140. The lowest BCUT2D eigenvalue weighted by Crippen LogP contribution is -2.47. The highest BCUT2D eigenvalue weighted by atomic mass is 32.2. The molecule has 2 N–H and O–H groups in total. The summed E-state index contributed by atoms with van der Waals surface area (Å²) in [5.74, 6) is -0.765. The van der Waals surface area contributed by atoms with E-state index >= 15 is 0 Å². The minimum atomic E-state index is -3.44. The highest BCUT2D eigenvalue weighted by molar-refractivity contribution is 7.89. The highest BCUT2D eigenvalue weighted by Gasteiger charge is 2.35. The summed E-state index contributed by atoms with van der Waals surface area (Å²) in [6.07, 6.45) is 6.63. The molecule has 2 fully saturated rings. The summed E-state index contributed by atoms with van der Waals surface area (Å²) >= 11 is 0. The molecule has 2 rings (SSSR count). The van der Waals surface area contributed by atoms with Gasteiger partial charge in [-0.25, -0.2) is 13.1 Å². The maximum atomic E-state index is 11.9. The Morgan fingerprint density at radius 2 is 1.78 bits per heavy atom. The number of sulfonamides is 1. The van der Waals surface area contributed by atoms with Gasteiger partial charge in [-0.3, -0.25) is 4.79 Å². The van der Waals surface area contributed by atoms with Crippen LogP contribution in [0.2, 0.25) is 0 Å². The zero-order chi connectivity index (χ0) is 13.2. The molecule has 18 heavy (non-hydrogen) atoms. The predicted molar refractivity (Wildman–Crippen MR) is 67.6 cm³/mol. The molecule has 0 amide bonds. The number of hydrogen-bond acceptors (Lipinski definition) is 3. The van der Waals surface area contributed by atoms with Crippen LogP contribution in [0.5, 0.6) is 0 Å². The molecule has 1 unspecified atom stereocenters. The lowest BCUT2D eigenvalue weighted by Gasteiger charge is -2.27. The van der Waals surface area contributed by atoms with Crippen molar-refractivity contribution in [3.8, 4) is 0 Å². The van der Waals surface area contributed by atoms with Crippen LogP contribution < -0.4 is 4.72 Å². The van der Waals surface area contributed by atoms with Crippen molar-refractivity contribution in [3.05, 3.63) is 0 Å². The molecule has 0 aromatic heterocycles. The smallest absolute Gasteiger partial charge is 0.322 e. The summed E-state index contributed by atoms with van der Waals surface area (Å²) in [6, 6.07) is -0.936. The summed E-state index contributed by atoms with van der Waals surface area (Å²) in [4.78, 5) is 11.3. The average Bonchev–Trinajstić information content (AvgIpc) is 3.10. The molecule has 5 nitrogen and oxygen atoms in total. The molecule has 0 aliphatic heterocycles. The van der Waals surface area contributed by atoms with E-state index in [4.69, 9.17) is 0 Å². The fourth-order valence-electron chi connectivity index (χ4n) is 2.65. The SMILES string of the molecule is O=C(O)C(NS(=O)(=O)CC1CC1)C1CCCCC1. The van der Waals surface area contributed by atoms with Crippen molar-refractivity contribution in [2.45, 2.75) is 51.0 Å². The number of carboxylic acid groups (broad SMARTS) is 1. The molecule has 2 aliphatic rings. The van der Waals surface area contributed by atoms with Gasteiger partial charge in [0.1, 0.15) is 6.04 Å². The van der Waals surface area contributed by atoms with Gasteiger partial charge < -0.3 is 5.11 Å². The molecule has 0 aromatic carbocycles. The first-order chi connectivity index (χ1) is 8.48. The molecule has 2 aliphatic carbocycles. The van der Waals surface area contributed by atoms with Gasteiger partial charge in [0.15, 0.2) is 0 Å². The Morgan fingerprint density at radius 3 is 2.28 bits per heavy atom. The topological polar surface area (TPSA) is 83.5 Å². The largest absolute Gasteiger partial charge is 0.480 e. The van der Waals surface area contributed by atoms with Crippen LogP contribution >= 0.6 is 0 Å². The van der Waals surface area contributed by atoms with Crippen molar-refractivity contribution in [1.82, 2.24) is 4.72 Å². The van der Waals surface area contributed by atoms with Crippen molar-refractivity contribution < 1.29 is 18.3 Å². The Hall–Kier alpha value is -0.620. The van der Waals surface area contributed by atoms with Gasteiger partial charge in [0.2, 0.25) is 10.0 Å². The predicted octanol–water partition coefficient (Wildman–Crippen LogP) is 1.35. The lowest BCUT2D eigenvalue weighted by atomic mass is 9.84. The van der Waals surface area contributed by atoms with Gasteiger partial charge in [-0.2, -0.15) is 0 Å². The second kappa shape index (κ2) is 5.57. The zero-order valence-corrected chi connectivity index (χ0v) is 11.3. The van der Waals surface area contributed by atoms with Crippen molar-refractivity contribution >= 4 is 16.0 Å². The van der Waals surface area contributed by atoms with Gasteiger partial charge in [0, 0.05) is 0 Å². The van der Waals surface area contributed by atoms with E-state index in [0.29, 0.717) is 0 Å². The minimum Gasteiger partial charge on any atom is -0.480 e. The number of carboxylic acids is 1. The summed E-state index contributed by atoms with van der Waals surface area (Å²) in [5.41, 5.74) is 0. The minimum absolute atomic E-state index is 0.0507. The second-order valence-electron chi connectivity index (χ2n) is 5.56. The Labute approximate surface area is 108 Å². The zero-order valence-electron chi connectivity index (χ0n) is 10.5. The maximum Gasteiger partial charge on any atom is 0.322 e. The van der Waals surface area contributed by atoms with Crippen molar-refractivity contribution in [3.63, 3.8) is 0 Å². The quantitative estimate of drug-likeness (QED) is 0.766.